The van der Waals surface area contributed by atoms with Crippen LogP contribution in [0.1, 0.15) is 25.3 Å². The van der Waals surface area contributed by atoms with Crippen LogP contribution in [0.2, 0.25) is 0 Å². The first kappa shape index (κ1) is 18.7. The molecule has 0 unspecified atom stereocenters. The van der Waals surface area contributed by atoms with Crippen LogP contribution in [0.25, 0.3) is 0 Å². The molecule has 2 aliphatic rings. The topological polar surface area (TPSA) is 41.6 Å². The predicted octanol–water partition coefficient (Wildman–Crippen LogP) is 2.74. The van der Waals surface area contributed by atoms with Gasteiger partial charge in [-0.05, 0) is 37.5 Å². The molecule has 1 aromatic rings. The third-order valence-electron chi connectivity index (χ3n) is 4.81. The molecule has 0 aromatic heterocycles. The molecule has 0 spiro atoms. The first-order valence-corrected chi connectivity index (χ1v) is 8.67. The maximum atomic E-state index is 12.7. The number of carbonyl (C=O) groups excluding carboxylic acids is 1. The first-order chi connectivity index (χ1) is 10.5. The van der Waals surface area contributed by atoms with E-state index in [1.54, 1.807) is 0 Å². The van der Waals surface area contributed by atoms with Gasteiger partial charge in [0.25, 0.3) is 0 Å². The van der Waals surface area contributed by atoms with Crippen LogP contribution in [-0.4, -0.2) is 49.7 Å². The standard InChI is InChI=1S/C17H23BrN2O2.ClH/c1-12-15(19-9-10-22-12)16(21)20(2)11-17(7-8-17)13-3-5-14(18)6-4-13;/h3-6,12,15,19H,7-11H2,1-2H3;1H/t12-,15+;/m1./s1. The van der Waals surface area contributed by atoms with Gasteiger partial charge in [0.05, 0.1) is 12.7 Å². The van der Waals surface area contributed by atoms with Gasteiger partial charge in [0.2, 0.25) is 5.91 Å². The van der Waals surface area contributed by atoms with E-state index in [0.717, 1.165) is 30.4 Å². The Balaban J connectivity index is 0.00000192. The van der Waals surface area contributed by atoms with Gasteiger partial charge < -0.3 is 15.0 Å². The Hall–Kier alpha value is -0.620. The zero-order chi connectivity index (χ0) is 15.7. The minimum atomic E-state index is -0.223. The summed E-state index contributed by atoms with van der Waals surface area (Å²) in [5.74, 6) is 0.135. The number of morpholine rings is 1. The van der Waals surface area contributed by atoms with Crippen LogP contribution in [-0.2, 0) is 14.9 Å². The first-order valence-electron chi connectivity index (χ1n) is 7.88. The van der Waals surface area contributed by atoms with E-state index in [1.807, 2.05) is 18.9 Å². The van der Waals surface area contributed by atoms with Crippen molar-refractivity contribution in [3.05, 3.63) is 34.3 Å². The largest absolute Gasteiger partial charge is 0.375 e. The molecule has 23 heavy (non-hydrogen) atoms. The SMILES string of the molecule is C[C@H]1OCCN[C@@H]1C(=O)N(C)CC1(c2ccc(Br)cc2)CC1.Cl. The molecule has 0 radical (unpaired) electrons. The van der Waals surface area contributed by atoms with Crippen LogP contribution in [0.15, 0.2) is 28.7 Å². The molecule has 2 atom stereocenters. The summed E-state index contributed by atoms with van der Waals surface area (Å²) in [6, 6.07) is 8.27. The number of hydrogen-bond donors (Lipinski definition) is 1. The van der Waals surface area contributed by atoms with Crippen molar-refractivity contribution in [1.82, 2.24) is 10.2 Å². The Morgan fingerprint density at radius 3 is 2.61 bits per heavy atom. The number of ether oxygens (including phenoxy) is 1. The highest BCUT2D eigenvalue weighted by Crippen LogP contribution is 2.48. The van der Waals surface area contributed by atoms with Gasteiger partial charge >= 0.3 is 0 Å². The molecule has 0 bridgehead atoms. The zero-order valence-electron chi connectivity index (χ0n) is 13.5. The lowest BCUT2D eigenvalue weighted by atomic mass is 9.95. The zero-order valence-corrected chi connectivity index (χ0v) is 16.0. The summed E-state index contributed by atoms with van der Waals surface area (Å²) in [4.78, 5) is 14.5. The summed E-state index contributed by atoms with van der Waals surface area (Å²) in [5, 5.41) is 3.28. The van der Waals surface area contributed by atoms with E-state index in [-0.39, 0.29) is 35.9 Å². The van der Waals surface area contributed by atoms with Gasteiger partial charge in [-0.2, -0.15) is 0 Å². The maximum absolute atomic E-state index is 12.7. The van der Waals surface area contributed by atoms with Gasteiger partial charge in [0.1, 0.15) is 6.04 Å². The Labute approximate surface area is 152 Å². The summed E-state index contributed by atoms with van der Waals surface area (Å²) in [6.45, 7) is 4.16. The molecule has 1 heterocycles. The molecule has 1 saturated heterocycles. The van der Waals surface area contributed by atoms with Crippen molar-refractivity contribution in [2.45, 2.75) is 37.3 Å². The van der Waals surface area contributed by atoms with Gasteiger partial charge in [-0.1, -0.05) is 28.1 Å². The number of halogens is 2. The third kappa shape index (κ3) is 4.08. The average molecular weight is 404 g/mol. The molecule has 1 saturated carbocycles. The van der Waals surface area contributed by atoms with E-state index in [4.69, 9.17) is 4.74 Å². The molecule has 3 rings (SSSR count). The van der Waals surface area contributed by atoms with E-state index in [1.165, 1.54) is 5.56 Å². The highest BCUT2D eigenvalue weighted by Gasteiger charge is 2.46. The second kappa shape index (κ2) is 7.51. The lowest BCUT2D eigenvalue weighted by Gasteiger charge is -2.33. The maximum Gasteiger partial charge on any atom is 0.242 e. The number of benzene rings is 1. The number of nitrogens with one attached hydrogen (secondary N) is 1. The predicted molar refractivity (Wildman–Crippen MR) is 97.1 cm³/mol. The minimum absolute atomic E-state index is 0. The van der Waals surface area contributed by atoms with Crippen molar-refractivity contribution in [3.8, 4) is 0 Å². The fourth-order valence-electron chi connectivity index (χ4n) is 3.27. The van der Waals surface area contributed by atoms with Crippen molar-refractivity contribution in [2.24, 2.45) is 0 Å². The minimum Gasteiger partial charge on any atom is -0.375 e. The van der Waals surface area contributed by atoms with Crippen LogP contribution in [0.3, 0.4) is 0 Å². The molecular weight excluding hydrogens is 380 g/mol. The smallest absolute Gasteiger partial charge is 0.242 e. The Morgan fingerprint density at radius 1 is 1.39 bits per heavy atom. The van der Waals surface area contributed by atoms with Crippen molar-refractivity contribution in [1.29, 1.82) is 0 Å². The number of hydrogen-bond acceptors (Lipinski definition) is 3. The van der Waals surface area contributed by atoms with E-state index in [9.17, 15) is 4.79 Å². The fourth-order valence-corrected chi connectivity index (χ4v) is 3.54. The molecule has 1 aliphatic carbocycles. The van der Waals surface area contributed by atoms with Crippen molar-refractivity contribution in [2.75, 3.05) is 26.7 Å². The van der Waals surface area contributed by atoms with Crippen LogP contribution in [0.5, 0.6) is 0 Å². The number of nitrogens with zero attached hydrogens (tertiary/aromatic N) is 1. The molecule has 2 fully saturated rings. The van der Waals surface area contributed by atoms with Gasteiger partial charge in [-0.15, -0.1) is 12.4 Å². The van der Waals surface area contributed by atoms with E-state index in [0.29, 0.717) is 6.61 Å². The van der Waals surface area contributed by atoms with Crippen LogP contribution >= 0.6 is 28.3 Å². The fraction of sp³-hybridized carbons (Fsp3) is 0.588. The number of likely N-dealkylation sites (N-methyl/N-ethyl adjacent to an activating group) is 1. The van der Waals surface area contributed by atoms with Crippen molar-refractivity contribution in [3.63, 3.8) is 0 Å². The third-order valence-corrected chi connectivity index (χ3v) is 5.34. The monoisotopic (exact) mass is 402 g/mol. The molecule has 1 aromatic carbocycles. The van der Waals surface area contributed by atoms with E-state index >= 15 is 0 Å². The van der Waals surface area contributed by atoms with Crippen LogP contribution in [0, 0.1) is 0 Å². The molecule has 1 N–H and O–H groups in total. The van der Waals surface area contributed by atoms with Gasteiger partial charge in [0, 0.05) is 30.0 Å². The lowest BCUT2D eigenvalue weighted by Crippen LogP contribution is -2.56. The molecule has 6 heteroatoms. The molecule has 1 aliphatic heterocycles. The number of rotatable bonds is 4. The Kier molecular flexibility index (Phi) is 6.11. The Bertz CT molecular complexity index is 548. The summed E-state index contributed by atoms with van der Waals surface area (Å²) in [7, 11) is 1.91. The average Bonchev–Trinajstić information content (AvgIpc) is 3.28. The Morgan fingerprint density at radius 2 is 2.04 bits per heavy atom. The highest BCUT2D eigenvalue weighted by atomic mass is 79.9. The van der Waals surface area contributed by atoms with E-state index < -0.39 is 0 Å². The summed E-state index contributed by atoms with van der Waals surface area (Å²) < 4.78 is 6.68. The van der Waals surface area contributed by atoms with Crippen LogP contribution < -0.4 is 5.32 Å². The molecule has 4 nitrogen and oxygen atoms in total. The molecule has 1 amide bonds. The number of amides is 1. The summed E-state index contributed by atoms with van der Waals surface area (Å²) in [6.07, 6.45) is 2.24. The summed E-state index contributed by atoms with van der Waals surface area (Å²) in [5.41, 5.74) is 1.47. The van der Waals surface area contributed by atoms with Gasteiger partial charge in [0.15, 0.2) is 0 Å². The number of carbonyl (C=O) groups is 1. The molecule has 128 valence electrons. The second-order valence-electron chi connectivity index (χ2n) is 6.49. The quantitative estimate of drug-likeness (QED) is 0.840. The highest BCUT2D eigenvalue weighted by molar-refractivity contribution is 9.10. The van der Waals surface area contributed by atoms with E-state index in [2.05, 4.69) is 45.5 Å². The van der Waals surface area contributed by atoms with Crippen molar-refractivity contribution < 1.29 is 9.53 Å². The van der Waals surface area contributed by atoms with Crippen molar-refractivity contribution >= 4 is 34.2 Å². The van der Waals surface area contributed by atoms with Crippen LogP contribution in [0.4, 0.5) is 0 Å². The van der Waals surface area contributed by atoms with Gasteiger partial charge in [-0.3, -0.25) is 4.79 Å². The normalized spacial score (nSPS) is 25.3. The van der Waals surface area contributed by atoms with Gasteiger partial charge in [-0.25, -0.2) is 0 Å². The summed E-state index contributed by atoms with van der Waals surface area (Å²) >= 11 is 3.48. The second-order valence-corrected chi connectivity index (χ2v) is 7.40. The lowest BCUT2D eigenvalue weighted by molar-refractivity contribution is -0.138. The molecular formula is C17H24BrClN2O2.